The van der Waals surface area contributed by atoms with Gasteiger partial charge < -0.3 is 10.0 Å². The molecule has 0 radical (unpaired) electrons. The molecular formula is C25H31N3O2. The second-order valence-electron chi connectivity index (χ2n) is 11.0. The van der Waals surface area contributed by atoms with Crippen LogP contribution in [0.2, 0.25) is 0 Å². The van der Waals surface area contributed by atoms with Gasteiger partial charge in [0.25, 0.3) is 5.91 Å². The molecule has 7 rings (SSSR count). The SMILES string of the molecule is CC1(C)CCN(C2[C@@H]3CC4C[C@H]2CC(O)(C4)C3)C(=O)c2cnn(-c3ccccc3)c21. The average molecular weight is 406 g/mol. The van der Waals surface area contributed by atoms with Crippen molar-refractivity contribution in [2.24, 2.45) is 17.8 Å². The fourth-order valence-electron chi connectivity index (χ4n) is 7.44. The number of carbonyl (C=O) groups is 1. The molecule has 1 N–H and O–H groups in total. The molecule has 4 aliphatic carbocycles. The first-order chi connectivity index (χ1) is 14.3. The number of para-hydroxylation sites is 1. The lowest BCUT2D eigenvalue weighted by atomic mass is 9.52. The summed E-state index contributed by atoms with van der Waals surface area (Å²) in [6.07, 6.45) is 7.77. The van der Waals surface area contributed by atoms with Gasteiger partial charge in [0.1, 0.15) is 0 Å². The monoisotopic (exact) mass is 405 g/mol. The number of hydrogen-bond acceptors (Lipinski definition) is 3. The van der Waals surface area contributed by atoms with Crippen LogP contribution in [0.4, 0.5) is 0 Å². The molecule has 1 aromatic carbocycles. The molecule has 1 amide bonds. The maximum Gasteiger partial charge on any atom is 0.257 e. The summed E-state index contributed by atoms with van der Waals surface area (Å²) in [6.45, 7) is 5.27. The minimum absolute atomic E-state index is 0.141. The van der Waals surface area contributed by atoms with Gasteiger partial charge in [-0.05, 0) is 68.4 Å². The molecule has 1 aromatic heterocycles. The van der Waals surface area contributed by atoms with Gasteiger partial charge in [0, 0.05) is 18.0 Å². The van der Waals surface area contributed by atoms with Crippen molar-refractivity contribution in [3.05, 3.63) is 47.8 Å². The number of amides is 1. The van der Waals surface area contributed by atoms with Crippen LogP contribution in [0, 0.1) is 17.8 Å². The van der Waals surface area contributed by atoms with Gasteiger partial charge in [0.2, 0.25) is 0 Å². The third-order valence-corrected chi connectivity index (χ3v) is 8.43. The Morgan fingerprint density at radius 1 is 1.07 bits per heavy atom. The number of nitrogens with zero attached hydrogens (tertiary/aromatic N) is 3. The highest BCUT2D eigenvalue weighted by Crippen LogP contribution is 2.57. The van der Waals surface area contributed by atoms with Crippen LogP contribution in [0.25, 0.3) is 5.69 Å². The maximum atomic E-state index is 13.9. The van der Waals surface area contributed by atoms with Gasteiger partial charge in [-0.2, -0.15) is 5.10 Å². The van der Waals surface area contributed by atoms with Crippen LogP contribution < -0.4 is 0 Å². The first-order valence-corrected chi connectivity index (χ1v) is 11.5. The van der Waals surface area contributed by atoms with E-state index in [0.29, 0.717) is 17.8 Å². The molecular weight excluding hydrogens is 374 g/mol. The standard InChI is InChI=1S/C25H31N3O2/c1-24(2)8-9-27(21-17-10-16-11-18(21)14-25(30,12-16)13-17)23(29)20-15-26-28(22(20)24)19-6-4-3-5-7-19/h3-7,15-18,21,30H,8-14H2,1-2H3/t16?,17-,18+,21?,25?. The normalized spacial score (nSPS) is 36.6. The van der Waals surface area contributed by atoms with Crippen LogP contribution in [0.15, 0.2) is 36.5 Å². The Balaban J connectivity index is 1.40. The molecule has 0 saturated heterocycles. The van der Waals surface area contributed by atoms with Crippen molar-refractivity contribution in [1.29, 1.82) is 0 Å². The minimum atomic E-state index is -0.468. The molecule has 2 aromatic rings. The number of hydrogen-bond donors (Lipinski definition) is 1. The van der Waals surface area contributed by atoms with Crippen molar-refractivity contribution in [3.63, 3.8) is 0 Å². The Morgan fingerprint density at radius 3 is 2.43 bits per heavy atom. The lowest BCUT2D eigenvalue weighted by Gasteiger charge is -2.60. The van der Waals surface area contributed by atoms with Gasteiger partial charge in [-0.3, -0.25) is 4.79 Å². The largest absolute Gasteiger partial charge is 0.390 e. The van der Waals surface area contributed by atoms with E-state index in [4.69, 9.17) is 0 Å². The van der Waals surface area contributed by atoms with Crippen molar-refractivity contribution in [2.75, 3.05) is 6.54 Å². The molecule has 4 bridgehead atoms. The third-order valence-electron chi connectivity index (χ3n) is 8.43. The summed E-state index contributed by atoms with van der Waals surface area (Å²) in [6, 6.07) is 10.4. The van der Waals surface area contributed by atoms with Crippen LogP contribution in [0.3, 0.4) is 0 Å². The number of rotatable bonds is 2. The van der Waals surface area contributed by atoms with Gasteiger partial charge >= 0.3 is 0 Å². The summed E-state index contributed by atoms with van der Waals surface area (Å²) in [4.78, 5) is 16.1. The molecule has 5 atom stereocenters. The van der Waals surface area contributed by atoms with Gasteiger partial charge in [0.15, 0.2) is 0 Å². The number of carbonyl (C=O) groups excluding carboxylic acids is 1. The fraction of sp³-hybridized carbons (Fsp3) is 0.600. The summed E-state index contributed by atoms with van der Waals surface area (Å²) >= 11 is 0. The van der Waals surface area contributed by atoms with Crippen molar-refractivity contribution in [2.45, 2.75) is 69.4 Å². The van der Waals surface area contributed by atoms with Gasteiger partial charge in [-0.25, -0.2) is 4.68 Å². The van der Waals surface area contributed by atoms with E-state index < -0.39 is 5.60 Å². The van der Waals surface area contributed by atoms with E-state index in [9.17, 15) is 9.90 Å². The number of aliphatic hydroxyl groups is 1. The molecule has 5 aliphatic rings. The molecule has 0 spiro atoms. The quantitative estimate of drug-likeness (QED) is 0.823. The lowest BCUT2D eigenvalue weighted by molar-refractivity contribution is -0.154. The van der Waals surface area contributed by atoms with Crippen molar-refractivity contribution in [1.82, 2.24) is 14.7 Å². The maximum absolute atomic E-state index is 13.9. The van der Waals surface area contributed by atoms with E-state index in [0.717, 1.165) is 49.2 Å². The molecule has 4 fully saturated rings. The van der Waals surface area contributed by atoms with Crippen molar-refractivity contribution in [3.8, 4) is 5.69 Å². The zero-order valence-corrected chi connectivity index (χ0v) is 17.9. The Morgan fingerprint density at radius 2 is 1.77 bits per heavy atom. The molecule has 2 heterocycles. The van der Waals surface area contributed by atoms with Crippen molar-refractivity contribution < 1.29 is 9.90 Å². The molecule has 1 aliphatic heterocycles. The summed E-state index contributed by atoms with van der Waals surface area (Å²) in [5.41, 5.74) is 2.18. The summed E-state index contributed by atoms with van der Waals surface area (Å²) in [5, 5.41) is 15.7. The van der Waals surface area contributed by atoms with Gasteiger partial charge in [-0.15, -0.1) is 0 Å². The second-order valence-corrected chi connectivity index (χ2v) is 11.0. The predicted molar refractivity (Wildman–Crippen MR) is 115 cm³/mol. The van der Waals surface area contributed by atoms with E-state index in [1.807, 2.05) is 22.9 Å². The van der Waals surface area contributed by atoms with Crippen LogP contribution in [-0.4, -0.2) is 43.9 Å². The Hall–Kier alpha value is -2.14. The summed E-state index contributed by atoms with van der Waals surface area (Å²) in [7, 11) is 0. The van der Waals surface area contributed by atoms with Crippen molar-refractivity contribution >= 4 is 5.91 Å². The van der Waals surface area contributed by atoms with E-state index in [2.05, 4.69) is 36.0 Å². The van der Waals surface area contributed by atoms with Crippen LogP contribution in [-0.2, 0) is 5.41 Å². The predicted octanol–water partition coefficient (Wildman–Crippen LogP) is 3.94. The zero-order valence-electron chi connectivity index (χ0n) is 17.9. The number of benzene rings is 1. The second kappa shape index (κ2) is 6.19. The van der Waals surface area contributed by atoms with Gasteiger partial charge in [0.05, 0.1) is 28.7 Å². The molecule has 3 unspecified atom stereocenters. The third kappa shape index (κ3) is 2.64. The molecule has 5 heteroatoms. The van der Waals surface area contributed by atoms with E-state index >= 15 is 0 Å². The average Bonchev–Trinajstić information content (AvgIpc) is 3.11. The van der Waals surface area contributed by atoms with Gasteiger partial charge in [-0.1, -0.05) is 32.0 Å². The number of fused-ring (bicyclic) bond motifs is 1. The molecule has 30 heavy (non-hydrogen) atoms. The minimum Gasteiger partial charge on any atom is -0.390 e. The van der Waals surface area contributed by atoms with Crippen LogP contribution in [0.5, 0.6) is 0 Å². The Kier molecular flexibility index (Phi) is 3.84. The summed E-state index contributed by atoms with van der Waals surface area (Å²) < 4.78 is 1.97. The number of aromatic nitrogens is 2. The van der Waals surface area contributed by atoms with E-state index in [1.165, 1.54) is 12.8 Å². The molecule has 158 valence electrons. The Bertz CT molecular complexity index is 979. The van der Waals surface area contributed by atoms with E-state index in [1.54, 1.807) is 6.20 Å². The zero-order chi connectivity index (χ0) is 20.7. The smallest absolute Gasteiger partial charge is 0.257 e. The first kappa shape index (κ1) is 18.6. The topological polar surface area (TPSA) is 58.4 Å². The molecule has 5 nitrogen and oxygen atoms in total. The van der Waals surface area contributed by atoms with E-state index in [-0.39, 0.29) is 17.4 Å². The highest BCUT2D eigenvalue weighted by atomic mass is 16.3. The van der Waals surface area contributed by atoms with Crippen LogP contribution >= 0.6 is 0 Å². The van der Waals surface area contributed by atoms with Crippen LogP contribution in [0.1, 0.15) is 68.4 Å². The lowest BCUT2D eigenvalue weighted by Crippen LogP contribution is -2.62. The highest BCUT2D eigenvalue weighted by Gasteiger charge is 2.57. The fourth-order valence-corrected chi connectivity index (χ4v) is 7.44. The highest BCUT2D eigenvalue weighted by molar-refractivity contribution is 5.96. The summed E-state index contributed by atoms with van der Waals surface area (Å²) in [5.74, 6) is 1.68. The molecule has 4 saturated carbocycles. The first-order valence-electron chi connectivity index (χ1n) is 11.5. The Labute approximate surface area is 178 Å².